The Morgan fingerprint density at radius 1 is 1.45 bits per heavy atom. The van der Waals surface area contributed by atoms with Crippen LogP contribution < -0.4 is 10.5 Å². The number of hydrogen-bond donors (Lipinski definition) is 2. The molecule has 0 heterocycles. The smallest absolute Gasteiger partial charge is 0.308 e. The molecule has 0 fully saturated rings. The average Bonchev–Trinajstić information content (AvgIpc) is 2.43. The SMILES string of the molecule is CCN(CC(C)C(=O)O)C(=O)c1ccc(OC)cc1N. The lowest BCUT2D eigenvalue weighted by atomic mass is 10.1. The van der Waals surface area contributed by atoms with Gasteiger partial charge in [0.05, 0.1) is 18.6 Å². The minimum Gasteiger partial charge on any atom is -0.497 e. The molecule has 0 bridgehead atoms. The van der Waals surface area contributed by atoms with E-state index in [1.807, 2.05) is 0 Å². The molecular formula is C14H20N2O4. The first-order valence-corrected chi connectivity index (χ1v) is 6.36. The minimum absolute atomic E-state index is 0.149. The molecule has 1 atom stereocenters. The van der Waals surface area contributed by atoms with Crippen molar-refractivity contribution >= 4 is 17.6 Å². The summed E-state index contributed by atoms with van der Waals surface area (Å²) in [6, 6.07) is 4.81. The largest absolute Gasteiger partial charge is 0.497 e. The molecule has 0 aromatic heterocycles. The molecule has 6 nitrogen and oxygen atoms in total. The maximum atomic E-state index is 12.4. The van der Waals surface area contributed by atoms with Gasteiger partial charge in [-0.2, -0.15) is 0 Å². The van der Waals surface area contributed by atoms with Crippen molar-refractivity contribution < 1.29 is 19.4 Å². The van der Waals surface area contributed by atoms with Crippen LogP contribution in [-0.2, 0) is 4.79 Å². The first-order chi connectivity index (χ1) is 9.40. The molecule has 0 saturated heterocycles. The van der Waals surface area contributed by atoms with Crippen molar-refractivity contribution in [3.63, 3.8) is 0 Å². The van der Waals surface area contributed by atoms with E-state index in [1.165, 1.54) is 12.0 Å². The third-order valence-electron chi connectivity index (χ3n) is 3.07. The fourth-order valence-corrected chi connectivity index (χ4v) is 1.80. The number of nitrogen functional groups attached to an aromatic ring is 1. The Balaban J connectivity index is 2.94. The van der Waals surface area contributed by atoms with E-state index in [2.05, 4.69) is 0 Å². The lowest BCUT2D eigenvalue weighted by Crippen LogP contribution is -2.37. The summed E-state index contributed by atoms with van der Waals surface area (Å²) in [7, 11) is 1.52. The fraction of sp³-hybridized carbons (Fsp3) is 0.429. The van der Waals surface area contributed by atoms with Crippen LogP contribution in [0.15, 0.2) is 18.2 Å². The van der Waals surface area contributed by atoms with Gasteiger partial charge in [0.1, 0.15) is 5.75 Å². The Morgan fingerprint density at radius 2 is 2.10 bits per heavy atom. The van der Waals surface area contributed by atoms with Crippen LogP contribution in [0.5, 0.6) is 5.75 Å². The highest BCUT2D eigenvalue weighted by Gasteiger charge is 2.21. The van der Waals surface area contributed by atoms with Gasteiger partial charge in [-0.15, -0.1) is 0 Å². The van der Waals surface area contributed by atoms with Crippen molar-refractivity contribution in [3.8, 4) is 5.75 Å². The van der Waals surface area contributed by atoms with Crippen LogP contribution >= 0.6 is 0 Å². The first kappa shape index (κ1) is 15.8. The van der Waals surface area contributed by atoms with Crippen molar-refractivity contribution in [2.75, 3.05) is 25.9 Å². The van der Waals surface area contributed by atoms with Gasteiger partial charge in [0.25, 0.3) is 5.91 Å². The number of nitrogens with zero attached hydrogens (tertiary/aromatic N) is 1. The van der Waals surface area contributed by atoms with E-state index in [0.717, 1.165) is 0 Å². The number of carbonyl (C=O) groups excluding carboxylic acids is 1. The average molecular weight is 280 g/mol. The van der Waals surface area contributed by atoms with E-state index in [1.54, 1.807) is 32.0 Å². The van der Waals surface area contributed by atoms with Gasteiger partial charge in [0.15, 0.2) is 0 Å². The molecule has 1 rings (SSSR count). The zero-order valence-corrected chi connectivity index (χ0v) is 11.9. The summed E-state index contributed by atoms with van der Waals surface area (Å²) < 4.78 is 5.03. The number of rotatable bonds is 6. The molecule has 1 amide bonds. The van der Waals surface area contributed by atoms with Gasteiger partial charge in [-0.05, 0) is 19.1 Å². The molecule has 0 saturated carbocycles. The standard InChI is InChI=1S/C14H20N2O4/c1-4-16(8-9(2)14(18)19)13(17)11-6-5-10(20-3)7-12(11)15/h5-7,9H,4,8,15H2,1-3H3,(H,18,19). The predicted molar refractivity (Wildman–Crippen MR) is 75.8 cm³/mol. The summed E-state index contributed by atoms with van der Waals surface area (Å²) >= 11 is 0. The van der Waals surface area contributed by atoms with Gasteiger partial charge in [0.2, 0.25) is 0 Å². The molecule has 1 aromatic rings. The molecule has 20 heavy (non-hydrogen) atoms. The second kappa shape index (κ2) is 6.79. The van der Waals surface area contributed by atoms with Crippen LogP contribution in [0.4, 0.5) is 5.69 Å². The molecule has 0 aliphatic rings. The van der Waals surface area contributed by atoms with E-state index in [-0.39, 0.29) is 12.5 Å². The van der Waals surface area contributed by atoms with Crippen LogP contribution in [0.2, 0.25) is 0 Å². The number of methoxy groups -OCH3 is 1. The van der Waals surface area contributed by atoms with Crippen LogP contribution in [0.1, 0.15) is 24.2 Å². The third-order valence-corrected chi connectivity index (χ3v) is 3.07. The Bertz CT molecular complexity index is 502. The second-order valence-corrected chi connectivity index (χ2v) is 4.54. The van der Waals surface area contributed by atoms with Crippen LogP contribution in [0.25, 0.3) is 0 Å². The molecule has 1 unspecified atom stereocenters. The van der Waals surface area contributed by atoms with Crippen LogP contribution in [0.3, 0.4) is 0 Å². The molecule has 0 aliphatic carbocycles. The number of carboxylic acid groups (broad SMARTS) is 1. The Kier molecular flexibility index (Phi) is 5.37. The number of hydrogen-bond acceptors (Lipinski definition) is 4. The van der Waals surface area contributed by atoms with Gasteiger partial charge in [0, 0.05) is 24.8 Å². The van der Waals surface area contributed by atoms with E-state index < -0.39 is 11.9 Å². The van der Waals surface area contributed by atoms with Gasteiger partial charge in [-0.3, -0.25) is 9.59 Å². The van der Waals surface area contributed by atoms with Gasteiger partial charge in [-0.25, -0.2) is 0 Å². The zero-order chi connectivity index (χ0) is 15.3. The normalized spacial score (nSPS) is 11.8. The predicted octanol–water partition coefficient (Wildman–Crippen LogP) is 1.46. The molecule has 1 aromatic carbocycles. The van der Waals surface area contributed by atoms with Crippen molar-refractivity contribution in [1.82, 2.24) is 4.90 Å². The molecule has 0 spiro atoms. The summed E-state index contributed by atoms with van der Waals surface area (Å²) in [6.07, 6.45) is 0. The Morgan fingerprint density at radius 3 is 2.55 bits per heavy atom. The van der Waals surface area contributed by atoms with E-state index in [0.29, 0.717) is 23.5 Å². The topological polar surface area (TPSA) is 92.9 Å². The number of aliphatic carboxylic acids is 1. The monoisotopic (exact) mass is 280 g/mol. The van der Waals surface area contributed by atoms with E-state index >= 15 is 0 Å². The maximum absolute atomic E-state index is 12.4. The van der Waals surface area contributed by atoms with E-state index in [4.69, 9.17) is 15.6 Å². The molecule has 110 valence electrons. The van der Waals surface area contributed by atoms with Crippen molar-refractivity contribution in [3.05, 3.63) is 23.8 Å². The summed E-state index contributed by atoms with van der Waals surface area (Å²) in [5.41, 5.74) is 6.50. The van der Waals surface area contributed by atoms with Crippen molar-refractivity contribution in [1.29, 1.82) is 0 Å². The number of nitrogens with two attached hydrogens (primary N) is 1. The lowest BCUT2D eigenvalue weighted by molar-refractivity contribution is -0.141. The number of amides is 1. The highest BCUT2D eigenvalue weighted by Crippen LogP contribution is 2.21. The summed E-state index contributed by atoms with van der Waals surface area (Å²) in [4.78, 5) is 24.7. The summed E-state index contributed by atoms with van der Waals surface area (Å²) in [6.45, 7) is 3.93. The lowest BCUT2D eigenvalue weighted by Gasteiger charge is -2.23. The Labute approximate surface area is 118 Å². The third kappa shape index (κ3) is 3.63. The summed E-state index contributed by atoms with van der Waals surface area (Å²) in [5, 5.41) is 8.92. The zero-order valence-electron chi connectivity index (χ0n) is 11.9. The highest BCUT2D eigenvalue weighted by atomic mass is 16.5. The maximum Gasteiger partial charge on any atom is 0.308 e. The molecule has 3 N–H and O–H groups in total. The van der Waals surface area contributed by atoms with Gasteiger partial charge < -0.3 is 20.5 Å². The number of benzene rings is 1. The van der Waals surface area contributed by atoms with Crippen LogP contribution in [0, 0.1) is 5.92 Å². The van der Waals surface area contributed by atoms with Crippen LogP contribution in [-0.4, -0.2) is 42.1 Å². The molecule has 0 radical (unpaired) electrons. The second-order valence-electron chi connectivity index (χ2n) is 4.54. The molecular weight excluding hydrogens is 260 g/mol. The van der Waals surface area contributed by atoms with Crippen molar-refractivity contribution in [2.45, 2.75) is 13.8 Å². The quantitative estimate of drug-likeness (QED) is 0.769. The number of anilines is 1. The number of carbonyl (C=O) groups is 2. The minimum atomic E-state index is -0.932. The molecule has 6 heteroatoms. The number of ether oxygens (including phenoxy) is 1. The van der Waals surface area contributed by atoms with Gasteiger partial charge in [-0.1, -0.05) is 6.92 Å². The molecule has 0 aliphatic heterocycles. The van der Waals surface area contributed by atoms with E-state index in [9.17, 15) is 9.59 Å². The number of carboxylic acids is 1. The van der Waals surface area contributed by atoms with Crippen molar-refractivity contribution in [2.24, 2.45) is 5.92 Å². The first-order valence-electron chi connectivity index (χ1n) is 6.36. The highest BCUT2D eigenvalue weighted by molar-refractivity contribution is 5.99. The fourth-order valence-electron chi connectivity index (χ4n) is 1.80. The Hall–Kier alpha value is -2.24. The summed E-state index contributed by atoms with van der Waals surface area (Å²) in [5.74, 6) is -1.26. The van der Waals surface area contributed by atoms with Gasteiger partial charge >= 0.3 is 5.97 Å².